The molecule has 0 aromatic heterocycles. The first-order valence-corrected chi connectivity index (χ1v) is 6.31. The highest BCUT2D eigenvalue weighted by Gasteiger charge is 2.11. The summed E-state index contributed by atoms with van der Waals surface area (Å²) < 4.78 is 18.1. The lowest BCUT2D eigenvalue weighted by molar-refractivity contribution is 0.414. The molecule has 19 heavy (non-hydrogen) atoms. The summed E-state index contributed by atoms with van der Waals surface area (Å²) in [6.07, 6.45) is 0.819. The van der Waals surface area contributed by atoms with Gasteiger partial charge in [-0.05, 0) is 48.4 Å². The largest absolute Gasteiger partial charge is 0.497 e. The van der Waals surface area contributed by atoms with Gasteiger partial charge in [0, 0.05) is 5.92 Å². The Morgan fingerprint density at radius 1 is 1.16 bits per heavy atom. The standard InChI is InChI=1S/C16H18FNO/c1-19-16-4-2-3-12(10-16)9-14(11-18)13-5-7-15(17)8-6-13/h2-8,10,14H,9,11,18H2,1H3. The minimum atomic E-state index is -0.221. The topological polar surface area (TPSA) is 35.2 Å². The van der Waals surface area contributed by atoms with E-state index >= 15 is 0 Å². The Kier molecular flexibility index (Phi) is 4.53. The predicted octanol–water partition coefficient (Wildman–Crippen LogP) is 3.12. The zero-order valence-electron chi connectivity index (χ0n) is 11.0. The average Bonchev–Trinajstić information content (AvgIpc) is 2.46. The van der Waals surface area contributed by atoms with Crippen molar-refractivity contribution in [2.24, 2.45) is 5.73 Å². The van der Waals surface area contributed by atoms with Crippen molar-refractivity contribution in [3.8, 4) is 5.75 Å². The monoisotopic (exact) mass is 259 g/mol. The molecule has 2 aromatic carbocycles. The van der Waals surface area contributed by atoms with E-state index in [0.717, 1.165) is 17.7 Å². The van der Waals surface area contributed by atoms with E-state index in [-0.39, 0.29) is 11.7 Å². The smallest absolute Gasteiger partial charge is 0.123 e. The highest BCUT2D eigenvalue weighted by atomic mass is 19.1. The van der Waals surface area contributed by atoms with E-state index in [9.17, 15) is 4.39 Å². The minimum absolute atomic E-state index is 0.188. The summed E-state index contributed by atoms with van der Waals surface area (Å²) >= 11 is 0. The van der Waals surface area contributed by atoms with Gasteiger partial charge in [-0.15, -0.1) is 0 Å². The molecule has 2 nitrogen and oxygen atoms in total. The van der Waals surface area contributed by atoms with E-state index in [1.54, 1.807) is 19.2 Å². The molecule has 0 aliphatic rings. The third-order valence-electron chi connectivity index (χ3n) is 3.24. The molecule has 0 aliphatic heterocycles. The molecule has 2 aromatic rings. The van der Waals surface area contributed by atoms with Crippen LogP contribution in [0.4, 0.5) is 4.39 Å². The number of methoxy groups -OCH3 is 1. The van der Waals surface area contributed by atoms with Crippen molar-refractivity contribution in [2.45, 2.75) is 12.3 Å². The lowest BCUT2D eigenvalue weighted by Gasteiger charge is -2.15. The molecule has 0 aliphatic carbocycles. The molecular formula is C16H18FNO. The Labute approximate surface area is 113 Å². The molecule has 0 saturated heterocycles. The summed E-state index contributed by atoms with van der Waals surface area (Å²) in [7, 11) is 1.65. The molecule has 1 atom stereocenters. The highest BCUT2D eigenvalue weighted by Crippen LogP contribution is 2.22. The van der Waals surface area contributed by atoms with E-state index in [4.69, 9.17) is 10.5 Å². The first-order valence-electron chi connectivity index (χ1n) is 6.31. The normalized spacial score (nSPS) is 12.2. The average molecular weight is 259 g/mol. The maximum atomic E-state index is 12.9. The Morgan fingerprint density at radius 2 is 1.89 bits per heavy atom. The molecular weight excluding hydrogens is 241 g/mol. The van der Waals surface area contributed by atoms with Gasteiger partial charge in [-0.2, -0.15) is 0 Å². The molecule has 0 spiro atoms. The van der Waals surface area contributed by atoms with Crippen LogP contribution in [0.3, 0.4) is 0 Å². The van der Waals surface area contributed by atoms with Crippen molar-refractivity contribution < 1.29 is 9.13 Å². The van der Waals surface area contributed by atoms with Gasteiger partial charge in [0.05, 0.1) is 7.11 Å². The number of rotatable bonds is 5. The van der Waals surface area contributed by atoms with Crippen LogP contribution in [-0.4, -0.2) is 13.7 Å². The van der Waals surface area contributed by atoms with Gasteiger partial charge in [-0.1, -0.05) is 24.3 Å². The molecule has 0 amide bonds. The number of halogens is 1. The summed E-state index contributed by atoms with van der Waals surface area (Å²) in [6.45, 7) is 0.531. The van der Waals surface area contributed by atoms with Crippen LogP contribution >= 0.6 is 0 Å². The molecule has 1 unspecified atom stereocenters. The minimum Gasteiger partial charge on any atom is -0.497 e. The van der Waals surface area contributed by atoms with E-state index in [2.05, 4.69) is 6.07 Å². The summed E-state index contributed by atoms with van der Waals surface area (Å²) in [4.78, 5) is 0. The zero-order valence-corrected chi connectivity index (χ0v) is 11.0. The first-order chi connectivity index (χ1) is 9.22. The van der Waals surface area contributed by atoms with Crippen LogP contribution in [0.25, 0.3) is 0 Å². The molecule has 0 saturated carbocycles. The Balaban J connectivity index is 2.16. The van der Waals surface area contributed by atoms with Crippen LogP contribution in [0, 0.1) is 5.82 Å². The maximum absolute atomic E-state index is 12.9. The number of benzene rings is 2. The third-order valence-corrected chi connectivity index (χ3v) is 3.24. The molecule has 2 N–H and O–H groups in total. The van der Waals surface area contributed by atoms with Crippen molar-refractivity contribution in [1.29, 1.82) is 0 Å². The first kappa shape index (κ1) is 13.6. The Bertz CT molecular complexity index is 525. The molecule has 0 fully saturated rings. The van der Waals surface area contributed by atoms with Gasteiger partial charge in [0.1, 0.15) is 11.6 Å². The number of hydrogen-bond acceptors (Lipinski definition) is 2. The van der Waals surface area contributed by atoms with Gasteiger partial charge in [-0.3, -0.25) is 0 Å². The predicted molar refractivity (Wildman–Crippen MR) is 74.9 cm³/mol. The quantitative estimate of drug-likeness (QED) is 0.895. The van der Waals surface area contributed by atoms with Gasteiger partial charge in [0.2, 0.25) is 0 Å². The second-order valence-electron chi connectivity index (χ2n) is 4.54. The van der Waals surface area contributed by atoms with E-state index < -0.39 is 0 Å². The van der Waals surface area contributed by atoms with Crippen LogP contribution in [0.5, 0.6) is 5.75 Å². The Hall–Kier alpha value is -1.87. The number of hydrogen-bond donors (Lipinski definition) is 1. The number of nitrogens with two attached hydrogens (primary N) is 1. The molecule has 2 rings (SSSR count). The summed E-state index contributed by atoms with van der Waals surface area (Å²) in [5, 5.41) is 0. The van der Waals surface area contributed by atoms with Crippen LogP contribution in [0.15, 0.2) is 48.5 Å². The van der Waals surface area contributed by atoms with Gasteiger partial charge in [-0.25, -0.2) is 4.39 Å². The van der Waals surface area contributed by atoms with Gasteiger partial charge in [0.15, 0.2) is 0 Å². The van der Waals surface area contributed by atoms with Gasteiger partial charge < -0.3 is 10.5 Å². The van der Waals surface area contributed by atoms with Crippen molar-refractivity contribution in [3.63, 3.8) is 0 Å². The second kappa shape index (κ2) is 6.34. The highest BCUT2D eigenvalue weighted by molar-refractivity contribution is 5.31. The molecule has 0 radical (unpaired) electrons. The SMILES string of the molecule is COc1cccc(CC(CN)c2ccc(F)cc2)c1. The zero-order chi connectivity index (χ0) is 13.7. The molecule has 3 heteroatoms. The van der Waals surface area contributed by atoms with E-state index in [0.29, 0.717) is 6.54 Å². The van der Waals surface area contributed by atoms with Crippen molar-refractivity contribution in [2.75, 3.05) is 13.7 Å². The van der Waals surface area contributed by atoms with Crippen LogP contribution < -0.4 is 10.5 Å². The number of ether oxygens (including phenoxy) is 1. The van der Waals surface area contributed by atoms with Crippen LogP contribution in [-0.2, 0) is 6.42 Å². The van der Waals surface area contributed by atoms with Crippen molar-refractivity contribution in [3.05, 3.63) is 65.5 Å². The molecule has 0 bridgehead atoms. The molecule has 100 valence electrons. The van der Waals surface area contributed by atoms with Crippen LogP contribution in [0.2, 0.25) is 0 Å². The summed E-state index contributed by atoms with van der Waals surface area (Å²) in [5.74, 6) is 0.806. The second-order valence-corrected chi connectivity index (χ2v) is 4.54. The van der Waals surface area contributed by atoms with Gasteiger partial charge in [0.25, 0.3) is 0 Å². The fourth-order valence-electron chi connectivity index (χ4n) is 2.16. The van der Waals surface area contributed by atoms with Gasteiger partial charge >= 0.3 is 0 Å². The third kappa shape index (κ3) is 3.55. The van der Waals surface area contributed by atoms with Crippen molar-refractivity contribution >= 4 is 0 Å². The van der Waals surface area contributed by atoms with E-state index in [1.165, 1.54) is 17.7 Å². The van der Waals surface area contributed by atoms with Crippen LogP contribution in [0.1, 0.15) is 17.0 Å². The molecule has 0 heterocycles. The summed E-state index contributed by atoms with van der Waals surface area (Å²) in [6, 6.07) is 14.5. The fourth-order valence-corrected chi connectivity index (χ4v) is 2.16. The Morgan fingerprint density at radius 3 is 2.53 bits per heavy atom. The maximum Gasteiger partial charge on any atom is 0.123 e. The van der Waals surface area contributed by atoms with Crippen molar-refractivity contribution in [1.82, 2.24) is 0 Å². The van der Waals surface area contributed by atoms with E-state index in [1.807, 2.05) is 18.2 Å². The lowest BCUT2D eigenvalue weighted by Crippen LogP contribution is -2.15. The fraction of sp³-hybridized carbons (Fsp3) is 0.250. The summed E-state index contributed by atoms with van der Waals surface area (Å²) in [5.41, 5.74) is 8.06. The lowest BCUT2D eigenvalue weighted by atomic mass is 9.92.